The number of amides is 3. The number of methoxy groups -OCH3 is 1. The lowest BCUT2D eigenvalue weighted by atomic mass is 10.0. The van der Waals surface area contributed by atoms with Gasteiger partial charge in [-0.05, 0) is 37.0 Å². The number of nitrogens with two attached hydrogens (primary N) is 2. The zero-order valence-electron chi connectivity index (χ0n) is 20.9. The number of fused-ring (bicyclic) bond motifs is 13. The van der Waals surface area contributed by atoms with Gasteiger partial charge >= 0.3 is 5.97 Å². The van der Waals surface area contributed by atoms with E-state index in [1.807, 2.05) is 0 Å². The lowest BCUT2D eigenvalue weighted by Gasteiger charge is -2.24. The van der Waals surface area contributed by atoms with Crippen molar-refractivity contribution in [3.63, 3.8) is 0 Å². The molecular weight excluding hydrogens is 504 g/mol. The van der Waals surface area contributed by atoms with Gasteiger partial charge in [0.15, 0.2) is 5.96 Å². The van der Waals surface area contributed by atoms with E-state index < -0.39 is 41.8 Å². The van der Waals surface area contributed by atoms with Gasteiger partial charge in [-0.25, -0.2) is 4.79 Å². The highest BCUT2D eigenvalue weighted by molar-refractivity contribution is 5.93. The number of aliphatic imine (C=N–C) groups is 1. The van der Waals surface area contributed by atoms with Crippen molar-refractivity contribution in [3.8, 4) is 5.75 Å². The van der Waals surface area contributed by atoms with Crippen molar-refractivity contribution in [1.29, 1.82) is 0 Å². The molecule has 1 aromatic rings. The van der Waals surface area contributed by atoms with Crippen LogP contribution in [0.15, 0.2) is 41.4 Å². The molecule has 2 aliphatic rings. The van der Waals surface area contributed by atoms with Crippen LogP contribution in [0.4, 0.5) is 0 Å². The van der Waals surface area contributed by atoms with E-state index in [9.17, 15) is 19.2 Å². The number of esters is 1. The number of hydrogen-bond acceptors (Lipinski definition) is 7. The van der Waals surface area contributed by atoms with E-state index in [0.717, 1.165) is 5.56 Å². The van der Waals surface area contributed by atoms with Gasteiger partial charge in [0.05, 0.1) is 7.11 Å². The second-order valence-electron chi connectivity index (χ2n) is 8.21. The molecule has 2 heterocycles. The smallest absolute Gasteiger partial charge is 0.328 e. The number of carbonyl (C=O) groups excluding carboxylic acids is 4. The topological polar surface area (TPSA) is 187 Å². The van der Waals surface area contributed by atoms with E-state index in [1.165, 1.54) is 14.0 Å². The first-order chi connectivity index (χ1) is 17.2. The maximum atomic E-state index is 13.2. The largest absolute Gasteiger partial charge is 0.490 e. The predicted molar refractivity (Wildman–Crippen MR) is 140 cm³/mol. The third-order valence-electron chi connectivity index (χ3n) is 5.32. The predicted octanol–water partition coefficient (Wildman–Crippen LogP) is -0.309. The molecule has 3 rings (SSSR count). The normalized spacial score (nSPS) is 21.1. The van der Waals surface area contributed by atoms with Crippen molar-refractivity contribution in [3.05, 3.63) is 42.0 Å². The third-order valence-corrected chi connectivity index (χ3v) is 5.32. The molecule has 0 aromatic heterocycles. The maximum absolute atomic E-state index is 13.2. The van der Waals surface area contributed by atoms with Crippen LogP contribution in [0.25, 0.3) is 0 Å². The summed E-state index contributed by atoms with van der Waals surface area (Å²) in [6.07, 6.45) is 4.35. The van der Waals surface area contributed by atoms with Crippen LogP contribution < -0.4 is 32.2 Å². The summed E-state index contributed by atoms with van der Waals surface area (Å²) in [5.41, 5.74) is 11.5. The van der Waals surface area contributed by atoms with Gasteiger partial charge in [0, 0.05) is 19.9 Å². The number of rotatable bonds is 6. The molecule has 3 amide bonds. The fraction of sp³-hybridized carbons (Fsp3) is 0.458. The molecular formula is C24H35ClN6O6. The van der Waals surface area contributed by atoms with Gasteiger partial charge in [0.25, 0.3) is 0 Å². The average molecular weight is 539 g/mol. The number of carbonyl (C=O) groups is 4. The minimum Gasteiger partial charge on any atom is -0.490 e. The molecule has 13 heteroatoms. The number of ether oxygens (including phenoxy) is 2. The summed E-state index contributed by atoms with van der Waals surface area (Å²) in [5.74, 6) is -1.63. The highest BCUT2D eigenvalue weighted by Gasteiger charge is 2.29. The molecule has 1 aromatic carbocycles. The monoisotopic (exact) mass is 538 g/mol. The number of hydrogen-bond donors (Lipinski definition) is 5. The first-order valence-corrected chi connectivity index (χ1v) is 11.6. The highest BCUT2D eigenvalue weighted by atomic mass is 35.5. The van der Waals surface area contributed by atoms with Gasteiger partial charge in [-0.1, -0.05) is 24.3 Å². The molecule has 0 spiro atoms. The van der Waals surface area contributed by atoms with Crippen LogP contribution in [0.1, 0.15) is 31.7 Å². The van der Waals surface area contributed by atoms with E-state index >= 15 is 0 Å². The molecule has 0 saturated heterocycles. The van der Waals surface area contributed by atoms with Crippen molar-refractivity contribution in [2.45, 2.75) is 50.7 Å². The van der Waals surface area contributed by atoms with Crippen LogP contribution in [-0.4, -0.2) is 68.0 Å². The SMILES string of the molecule is COC(=O)[C@H]1C/C=C\COc2ccc(cc2)C[C@H](NC(C)=O)C(=O)N[C@@H](CCCN=C(N)N)C(=O)N1.Cl. The first kappa shape index (κ1) is 31.2. The molecule has 0 saturated carbocycles. The first-order valence-electron chi connectivity index (χ1n) is 11.6. The Kier molecular flexibility index (Phi) is 13.5. The van der Waals surface area contributed by atoms with Gasteiger partial charge in [-0.15, -0.1) is 12.4 Å². The summed E-state index contributed by atoms with van der Waals surface area (Å²) in [6, 6.07) is 4.20. The van der Waals surface area contributed by atoms with Crippen LogP contribution in [0, 0.1) is 0 Å². The Morgan fingerprint density at radius 3 is 2.46 bits per heavy atom. The number of benzene rings is 1. The average Bonchev–Trinajstić information content (AvgIpc) is 2.84. The fourth-order valence-electron chi connectivity index (χ4n) is 3.53. The zero-order valence-corrected chi connectivity index (χ0v) is 21.7. The van der Waals surface area contributed by atoms with Gasteiger partial charge in [0.1, 0.15) is 30.5 Å². The molecule has 37 heavy (non-hydrogen) atoms. The van der Waals surface area contributed by atoms with Gasteiger partial charge in [-0.3, -0.25) is 19.4 Å². The van der Waals surface area contributed by atoms with Crippen LogP contribution in [-0.2, 0) is 30.3 Å². The van der Waals surface area contributed by atoms with E-state index in [0.29, 0.717) is 12.2 Å². The maximum Gasteiger partial charge on any atom is 0.328 e. The Morgan fingerprint density at radius 2 is 1.84 bits per heavy atom. The molecule has 12 nitrogen and oxygen atoms in total. The van der Waals surface area contributed by atoms with Crippen molar-refractivity contribution in [1.82, 2.24) is 16.0 Å². The Morgan fingerprint density at radius 1 is 1.14 bits per heavy atom. The summed E-state index contributed by atoms with van der Waals surface area (Å²) < 4.78 is 10.5. The molecule has 2 bridgehead atoms. The number of guanidine groups is 1. The second-order valence-corrected chi connectivity index (χ2v) is 8.21. The second kappa shape index (κ2) is 16.0. The molecule has 7 N–H and O–H groups in total. The summed E-state index contributed by atoms with van der Waals surface area (Å²) in [7, 11) is 1.22. The Hall–Kier alpha value is -3.80. The molecule has 0 aliphatic carbocycles. The summed E-state index contributed by atoms with van der Waals surface area (Å²) >= 11 is 0. The molecule has 0 unspecified atom stereocenters. The molecule has 0 fully saturated rings. The van der Waals surface area contributed by atoms with Crippen LogP contribution >= 0.6 is 12.4 Å². The van der Waals surface area contributed by atoms with E-state index in [4.69, 9.17) is 20.9 Å². The van der Waals surface area contributed by atoms with Crippen LogP contribution in [0.5, 0.6) is 5.75 Å². The fourth-order valence-corrected chi connectivity index (χ4v) is 3.53. The quantitative estimate of drug-likeness (QED) is 0.107. The summed E-state index contributed by atoms with van der Waals surface area (Å²) in [6.45, 7) is 1.80. The van der Waals surface area contributed by atoms with Crippen molar-refractivity contribution < 1.29 is 28.7 Å². The van der Waals surface area contributed by atoms with Crippen molar-refractivity contribution in [2.75, 3.05) is 20.3 Å². The Balaban J connectivity index is 0.00000684. The lowest BCUT2D eigenvalue weighted by Crippen LogP contribution is -2.56. The van der Waals surface area contributed by atoms with Crippen LogP contribution in [0.3, 0.4) is 0 Å². The van der Waals surface area contributed by atoms with Crippen LogP contribution in [0.2, 0.25) is 0 Å². The molecule has 204 valence electrons. The van der Waals surface area contributed by atoms with Gasteiger partial charge < -0.3 is 36.9 Å². The Labute approximate surface area is 222 Å². The third kappa shape index (κ3) is 11.2. The number of nitrogens with zero attached hydrogens (tertiary/aromatic N) is 1. The van der Waals surface area contributed by atoms with Gasteiger partial charge in [0.2, 0.25) is 17.7 Å². The summed E-state index contributed by atoms with van der Waals surface area (Å²) in [5, 5.41) is 7.97. The highest BCUT2D eigenvalue weighted by Crippen LogP contribution is 2.14. The van der Waals surface area contributed by atoms with E-state index in [1.54, 1.807) is 36.4 Å². The molecule has 2 aliphatic heterocycles. The number of nitrogens with one attached hydrogen (secondary N) is 3. The zero-order chi connectivity index (χ0) is 26.5. The van der Waals surface area contributed by atoms with E-state index in [-0.39, 0.29) is 50.8 Å². The minimum atomic E-state index is -1.01. The Bertz CT molecular complexity index is 980. The molecule has 0 radical (unpaired) electrons. The minimum absolute atomic E-state index is 0. The van der Waals surface area contributed by atoms with E-state index in [2.05, 4.69) is 20.9 Å². The summed E-state index contributed by atoms with van der Waals surface area (Å²) in [4.78, 5) is 54.3. The van der Waals surface area contributed by atoms with Gasteiger partial charge in [-0.2, -0.15) is 0 Å². The molecule has 3 atom stereocenters. The number of halogens is 1. The lowest BCUT2D eigenvalue weighted by molar-refractivity contribution is -0.145. The van der Waals surface area contributed by atoms with Crippen molar-refractivity contribution >= 4 is 42.1 Å². The standard InChI is InChI=1S/C24H34N6O6.ClH/c1-15(31)28-20-14-16-8-10-17(11-9-16)36-13-4-3-6-19(23(34)35-2)30-21(32)18(29-22(20)33)7-5-12-27-24(25)26;/h3-4,8-11,18-20H,5-7,12-14H2,1-2H3,(H,28,31)(H,29,33)(H,30,32)(H4,25,26,27);1H/b4-3-;/t18-,19+,20-;/m0./s1. The van der Waals surface area contributed by atoms with Crippen molar-refractivity contribution in [2.24, 2.45) is 16.5 Å².